The first kappa shape index (κ1) is 14.1. The van der Waals surface area contributed by atoms with E-state index in [4.69, 9.17) is 4.42 Å². The summed E-state index contributed by atoms with van der Waals surface area (Å²) in [5, 5.41) is 3.57. The number of para-hydroxylation sites is 1. The molecule has 2 heterocycles. The first-order valence-corrected chi connectivity index (χ1v) is 7.04. The Morgan fingerprint density at radius 3 is 2.73 bits per heavy atom. The molecule has 0 saturated heterocycles. The summed E-state index contributed by atoms with van der Waals surface area (Å²) < 4.78 is 5.51. The first-order chi connectivity index (χ1) is 10.5. The average Bonchev–Trinajstić information content (AvgIpc) is 2.93. The van der Waals surface area contributed by atoms with Crippen LogP contribution < -0.4 is 10.9 Å². The Hall–Kier alpha value is -2.82. The lowest BCUT2D eigenvalue weighted by Crippen LogP contribution is -2.27. The van der Waals surface area contributed by atoms with E-state index in [2.05, 4.69) is 10.3 Å². The number of carbonyl (C=O) groups is 1. The number of fused-ring (bicyclic) bond motifs is 1. The summed E-state index contributed by atoms with van der Waals surface area (Å²) in [5.74, 6) is 1.17. The Morgan fingerprint density at radius 1 is 1.23 bits per heavy atom. The number of H-pyrrole nitrogens is 1. The molecule has 0 radical (unpaired) electrons. The van der Waals surface area contributed by atoms with Gasteiger partial charge in [-0.25, -0.2) is 0 Å². The minimum atomic E-state index is -0.302. The molecule has 0 saturated carbocycles. The molecule has 1 unspecified atom stereocenters. The number of carbonyl (C=O) groups excluding carboxylic acids is 1. The number of rotatable bonds is 3. The summed E-state index contributed by atoms with van der Waals surface area (Å²) in [7, 11) is 0. The van der Waals surface area contributed by atoms with Crippen molar-refractivity contribution >= 4 is 16.8 Å². The molecule has 2 aromatic heterocycles. The van der Waals surface area contributed by atoms with Gasteiger partial charge in [0, 0.05) is 17.0 Å². The van der Waals surface area contributed by atoms with E-state index in [1.165, 1.54) is 6.07 Å². The highest BCUT2D eigenvalue weighted by molar-refractivity contribution is 6.06. The zero-order valence-electron chi connectivity index (χ0n) is 12.3. The molecule has 3 aromatic rings. The van der Waals surface area contributed by atoms with Gasteiger partial charge >= 0.3 is 0 Å². The van der Waals surface area contributed by atoms with Gasteiger partial charge in [0.2, 0.25) is 5.56 Å². The van der Waals surface area contributed by atoms with Gasteiger partial charge in [0.15, 0.2) is 0 Å². The highest BCUT2D eigenvalue weighted by Gasteiger charge is 2.16. The number of aryl methyl sites for hydroxylation is 1. The molecule has 0 aliphatic heterocycles. The molecule has 2 N–H and O–H groups in total. The molecule has 0 aliphatic rings. The molecule has 0 bridgehead atoms. The largest absolute Gasteiger partial charge is 0.464 e. The van der Waals surface area contributed by atoms with E-state index in [0.717, 1.165) is 5.76 Å². The van der Waals surface area contributed by atoms with Gasteiger partial charge in [-0.15, -0.1) is 0 Å². The van der Waals surface area contributed by atoms with E-state index >= 15 is 0 Å². The summed E-state index contributed by atoms with van der Waals surface area (Å²) in [6, 6.07) is 11.9. The molecule has 1 aromatic carbocycles. The van der Waals surface area contributed by atoms with Crippen LogP contribution in [0.2, 0.25) is 0 Å². The van der Waals surface area contributed by atoms with Crippen LogP contribution in [-0.2, 0) is 0 Å². The fourth-order valence-corrected chi connectivity index (χ4v) is 2.42. The van der Waals surface area contributed by atoms with Gasteiger partial charge in [-0.3, -0.25) is 9.59 Å². The summed E-state index contributed by atoms with van der Waals surface area (Å²) in [5.41, 5.74) is 0.696. The molecule has 0 spiro atoms. The fourth-order valence-electron chi connectivity index (χ4n) is 2.42. The Labute approximate surface area is 127 Å². The van der Waals surface area contributed by atoms with Crippen molar-refractivity contribution in [2.45, 2.75) is 19.9 Å². The van der Waals surface area contributed by atoms with Crippen molar-refractivity contribution in [3.63, 3.8) is 0 Å². The standard InChI is InChI=1S/C17H16N2O3/c1-10-7-8-15(22-10)11(2)18-17(21)13-9-16(20)19-14-6-4-3-5-12(13)14/h3-9,11H,1-2H3,(H,18,21)(H,19,20). The third-order valence-electron chi connectivity index (χ3n) is 3.53. The number of nitrogens with one attached hydrogen (secondary N) is 2. The lowest BCUT2D eigenvalue weighted by molar-refractivity contribution is 0.0936. The number of pyridine rings is 1. The van der Waals surface area contributed by atoms with Crippen LogP contribution in [0, 0.1) is 6.92 Å². The number of furan rings is 1. The second-order valence-electron chi connectivity index (χ2n) is 5.24. The van der Waals surface area contributed by atoms with Crippen molar-refractivity contribution in [2.24, 2.45) is 0 Å². The number of aromatic amines is 1. The topological polar surface area (TPSA) is 75.1 Å². The van der Waals surface area contributed by atoms with Gasteiger partial charge in [0.05, 0.1) is 11.6 Å². The maximum absolute atomic E-state index is 12.5. The Morgan fingerprint density at radius 2 is 2.00 bits per heavy atom. The van der Waals surface area contributed by atoms with Gasteiger partial charge in [-0.05, 0) is 32.0 Å². The van der Waals surface area contributed by atoms with Crippen LogP contribution in [0.4, 0.5) is 0 Å². The Kier molecular flexibility index (Phi) is 3.55. The van der Waals surface area contributed by atoms with E-state index < -0.39 is 0 Å². The van der Waals surface area contributed by atoms with Gasteiger partial charge in [-0.1, -0.05) is 18.2 Å². The number of hydrogen-bond acceptors (Lipinski definition) is 3. The van der Waals surface area contributed by atoms with E-state index in [1.807, 2.05) is 44.2 Å². The van der Waals surface area contributed by atoms with Crippen LogP contribution in [-0.4, -0.2) is 10.9 Å². The second kappa shape index (κ2) is 5.52. The van der Waals surface area contributed by atoms with Gasteiger partial charge in [0.1, 0.15) is 11.5 Å². The number of amides is 1. The van der Waals surface area contributed by atoms with Crippen LogP contribution in [0.25, 0.3) is 10.9 Å². The summed E-state index contributed by atoms with van der Waals surface area (Å²) in [4.78, 5) is 26.9. The van der Waals surface area contributed by atoms with Crippen LogP contribution in [0.15, 0.2) is 51.7 Å². The predicted molar refractivity (Wildman–Crippen MR) is 83.9 cm³/mol. The molecule has 1 amide bonds. The smallest absolute Gasteiger partial charge is 0.252 e. The van der Waals surface area contributed by atoms with Gasteiger partial charge in [-0.2, -0.15) is 0 Å². The zero-order valence-corrected chi connectivity index (χ0v) is 12.3. The monoisotopic (exact) mass is 296 g/mol. The zero-order chi connectivity index (χ0) is 15.7. The molecule has 0 aliphatic carbocycles. The van der Waals surface area contributed by atoms with Crippen LogP contribution in [0.5, 0.6) is 0 Å². The lowest BCUT2D eigenvalue weighted by atomic mass is 10.1. The highest BCUT2D eigenvalue weighted by Crippen LogP contribution is 2.18. The number of hydrogen-bond donors (Lipinski definition) is 2. The van der Waals surface area contributed by atoms with Gasteiger partial charge in [0.25, 0.3) is 5.91 Å². The maximum Gasteiger partial charge on any atom is 0.252 e. The lowest BCUT2D eigenvalue weighted by Gasteiger charge is -2.12. The molecular weight excluding hydrogens is 280 g/mol. The third kappa shape index (κ3) is 2.65. The van der Waals surface area contributed by atoms with E-state index in [1.54, 1.807) is 6.07 Å². The number of benzene rings is 1. The van der Waals surface area contributed by atoms with Crippen LogP contribution >= 0.6 is 0 Å². The molecule has 112 valence electrons. The SMILES string of the molecule is Cc1ccc(C(C)NC(=O)c2cc(=O)[nH]c3ccccc23)o1. The molecule has 5 nitrogen and oxygen atoms in total. The highest BCUT2D eigenvalue weighted by atomic mass is 16.3. The molecule has 1 atom stereocenters. The molecule has 5 heteroatoms. The predicted octanol–water partition coefficient (Wildman–Crippen LogP) is 2.92. The summed E-state index contributed by atoms with van der Waals surface area (Å²) in [6.45, 7) is 3.69. The molecule has 0 fully saturated rings. The fraction of sp³-hybridized carbons (Fsp3) is 0.176. The Bertz CT molecular complexity index is 892. The second-order valence-corrected chi connectivity index (χ2v) is 5.24. The van der Waals surface area contributed by atoms with Gasteiger partial charge < -0.3 is 14.7 Å². The van der Waals surface area contributed by atoms with Crippen LogP contribution in [0.3, 0.4) is 0 Å². The molecular formula is C17H16N2O3. The number of aromatic nitrogens is 1. The minimum Gasteiger partial charge on any atom is -0.464 e. The van der Waals surface area contributed by atoms with Crippen molar-refractivity contribution in [1.82, 2.24) is 10.3 Å². The summed E-state index contributed by atoms with van der Waals surface area (Å²) in [6.07, 6.45) is 0. The van der Waals surface area contributed by atoms with E-state index in [-0.39, 0.29) is 17.5 Å². The maximum atomic E-state index is 12.5. The Balaban J connectivity index is 1.94. The van der Waals surface area contributed by atoms with Crippen molar-refractivity contribution in [2.75, 3.05) is 0 Å². The first-order valence-electron chi connectivity index (χ1n) is 7.04. The van der Waals surface area contributed by atoms with E-state index in [9.17, 15) is 9.59 Å². The quantitative estimate of drug-likeness (QED) is 0.780. The van der Waals surface area contributed by atoms with E-state index in [0.29, 0.717) is 22.2 Å². The minimum absolute atomic E-state index is 0.278. The van der Waals surface area contributed by atoms with Crippen LogP contribution in [0.1, 0.15) is 34.8 Å². The summed E-state index contributed by atoms with van der Waals surface area (Å²) >= 11 is 0. The normalized spacial score (nSPS) is 12.3. The molecule has 3 rings (SSSR count). The average molecular weight is 296 g/mol. The van der Waals surface area contributed by atoms with Crippen molar-refractivity contribution in [3.8, 4) is 0 Å². The van der Waals surface area contributed by atoms with Crippen molar-refractivity contribution in [3.05, 3.63) is 69.9 Å². The third-order valence-corrected chi connectivity index (χ3v) is 3.53. The van der Waals surface area contributed by atoms with Crippen molar-refractivity contribution in [1.29, 1.82) is 0 Å². The van der Waals surface area contributed by atoms with Crippen molar-refractivity contribution < 1.29 is 9.21 Å². The molecule has 22 heavy (non-hydrogen) atoms.